The Morgan fingerprint density at radius 2 is 1.97 bits per heavy atom. The fourth-order valence-corrected chi connectivity index (χ4v) is 3.71. The highest BCUT2D eigenvalue weighted by Crippen LogP contribution is 2.33. The van der Waals surface area contributed by atoms with E-state index in [9.17, 15) is 22.8 Å². The summed E-state index contributed by atoms with van der Waals surface area (Å²) in [4.78, 5) is 31.7. The molecular weight excluding hydrogens is 439 g/mol. The van der Waals surface area contributed by atoms with E-state index in [1.165, 1.54) is 35.0 Å². The molecular formula is C22H20F3N5O3. The zero-order valence-corrected chi connectivity index (χ0v) is 17.8. The number of carbonyl (C=O) groups is 2. The van der Waals surface area contributed by atoms with Crippen molar-refractivity contribution in [3.8, 4) is 0 Å². The first-order chi connectivity index (χ1) is 15.7. The number of methoxy groups -OCH3 is 1. The summed E-state index contributed by atoms with van der Waals surface area (Å²) in [5.74, 6) is -1.09. The molecule has 0 saturated heterocycles. The average molecular weight is 459 g/mol. The number of benzene rings is 1. The minimum Gasteiger partial charge on any atom is -0.382 e. The van der Waals surface area contributed by atoms with E-state index in [1.54, 1.807) is 25.3 Å². The second-order valence-electron chi connectivity index (χ2n) is 7.56. The van der Waals surface area contributed by atoms with E-state index >= 15 is 0 Å². The molecule has 1 N–H and O–H groups in total. The second-order valence-corrected chi connectivity index (χ2v) is 7.56. The van der Waals surface area contributed by atoms with Gasteiger partial charge in [-0.1, -0.05) is 0 Å². The van der Waals surface area contributed by atoms with Gasteiger partial charge in [0, 0.05) is 30.4 Å². The van der Waals surface area contributed by atoms with Crippen LogP contribution in [0.2, 0.25) is 0 Å². The second kappa shape index (κ2) is 8.66. The van der Waals surface area contributed by atoms with Gasteiger partial charge in [-0.15, -0.1) is 0 Å². The zero-order chi connectivity index (χ0) is 23.8. The molecule has 0 radical (unpaired) electrons. The highest BCUT2D eigenvalue weighted by atomic mass is 19.4. The third-order valence-electron chi connectivity index (χ3n) is 5.25. The number of carbonyl (C=O) groups excluding carboxylic acids is 2. The predicted molar refractivity (Wildman–Crippen MR) is 113 cm³/mol. The number of fused-ring (bicyclic) bond motifs is 1. The van der Waals surface area contributed by atoms with Crippen LogP contribution in [0.4, 0.5) is 24.5 Å². The molecule has 2 amide bonds. The summed E-state index contributed by atoms with van der Waals surface area (Å²) < 4.78 is 45.5. The number of hydrogen-bond acceptors (Lipinski definition) is 5. The molecule has 172 valence electrons. The Kier molecular flexibility index (Phi) is 5.90. The summed E-state index contributed by atoms with van der Waals surface area (Å²) in [6.45, 7) is 2.08. The maximum absolute atomic E-state index is 13.4. The van der Waals surface area contributed by atoms with Gasteiger partial charge in [0.05, 0.1) is 36.5 Å². The SMILES string of the molecule is COCC1CN(c2ccc(C(F)(F)F)cc2)C(=O)c2c(C(=O)Nc3ccnc(C)c3)cnn21. The Morgan fingerprint density at radius 1 is 1.24 bits per heavy atom. The van der Waals surface area contributed by atoms with Gasteiger partial charge in [-0.2, -0.15) is 18.3 Å². The summed E-state index contributed by atoms with van der Waals surface area (Å²) in [7, 11) is 1.49. The van der Waals surface area contributed by atoms with Crippen molar-refractivity contribution in [3.05, 3.63) is 71.3 Å². The molecule has 33 heavy (non-hydrogen) atoms. The molecule has 0 saturated carbocycles. The lowest BCUT2D eigenvalue weighted by Gasteiger charge is -2.33. The normalized spacial score (nSPS) is 16.0. The number of anilines is 2. The van der Waals surface area contributed by atoms with Crippen LogP contribution in [0.5, 0.6) is 0 Å². The Bertz CT molecular complexity index is 1190. The monoisotopic (exact) mass is 459 g/mol. The first-order valence-corrected chi connectivity index (χ1v) is 9.98. The van der Waals surface area contributed by atoms with Crippen LogP contribution in [0.1, 0.15) is 38.1 Å². The first-order valence-electron chi connectivity index (χ1n) is 9.98. The average Bonchev–Trinajstić information content (AvgIpc) is 3.21. The van der Waals surface area contributed by atoms with Crippen LogP contribution >= 0.6 is 0 Å². The van der Waals surface area contributed by atoms with Crippen molar-refractivity contribution in [2.75, 3.05) is 30.5 Å². The molecule has 0 spiro atoms. The molecule has 0 fully saturated rings. The van der Waals surface area contributed by atoms with E-state index in [0.29, 0.717) is 11.4 Å². The third kappa shape index (κ3) is 4.44. The maximum Gasteiger partial charge on any atom is 0.416 e. The molecule has 2 aromatic heterocycles. The molecule has 8 nitrogen and oxygen atoms in total. The highest BCUT2D eigenvalue weighted by molar-refractivity contribution is 6.15. The molecule has 1 aromatic carbocycles. The zero-order valence-electron chi connectivity index (χ0n) is 17.8. The van der Waals surface area contributed by atoms with Gasteiger partial charge in [0.25, 0.3) is 11.8 Å². The maximum atomic E-state index is 13.4. The van der Waals surface area contributed by atoms with Crippen LogP contribution in [-0.4, -0.2) is 46.8 Å². The Morgan fingerprint density at radius 3 is 2.61 bits per heavy atom. The minimum atomic E-state index is -4.49. The van der Waals surface area contributed by atoms with E-state index in [1.807, 2.05) is 0 Å². The van der Waals surface area contributed by atoms with Gasteiger partial charge in [-0.05, 0) is 43.3 Å². The van der Waals surface area contributed by atoms with E-state index in [0.717, 1.165) is 12.1 Å². The lowest BCUT2D eigenvalue weighted by Crippen LogP contribution is -2.45. The van der Waals surface area contributed by atoms with Crippen LogP contribution in [0.3, 0.4) is 0 Å². The molecule has 0 aliphatic carbocycles. The van der Waals surface area contributed by atoms with Crippen molar-refractivity contribution < 1.29 is 27.5 Å². The quantitative estimate of drug-likeness (QED) is 0.629. The number of pyridine rings is 1. The number of aryl methyl sites for hydroxylation is 1. The largest absolute Gasteiger partial charge is 0.416 e. The summed E-state index contributed by atoms with van der Waals surface area (Å²) in [5, 5.41) is 6.95. The Labute approximate surface area is 187 Å². The molecule has 0 bridgehead atoms. The first kappa shape index (κ1) is 22.5. The molecule has 11 heteroatoms. The number of ether oxygens (including phenoxy) is 1. The van der Waals surface area contributed by atoms with Gasteiger partial charge < -0.3 is 15.0 Å². The molecule has 1 unspecified atom stereocenters. The third-order valence-corrected chi connectivity index (χ3v) is 5.25. The summed E-state index contributed by atoms with van der Waals surface area (Å²) in [6.07, 6.45) is -1.64. The predicted octanol–water partition coefficient (Wildman–Crippen LogP) is 3.71. The van der Waals surface area contributed by atoms with Crippen molar-refractivity contribution >= 4 is 23.2 Å². The number of aromatic nitrogens is 3. The Balaban J connectivity index is 1.68. The van der Waals surface area contributed by atoms with E-state index < -0.39 is 29.6 Å². The van der Waals surface area contributed by atoms with Crippen molar-refractivity contribution in [1.29, 1.82) is 0 Å². The fraction of sp³-hybridized carbons (Fsp3) is 0.273. The van der Waals surface area contributed by atoms with Gasteiger partial charge in [0.2, 0.25) is 0 Å². The smallest absolute Gasteiger partial charge is 0.382 e. The number of amides is 2. The van der Waals surface area contributed by atoms with Crippen LogP contribution in [0, 0.1) is 6.92 Å². The van der Waals surface area contributed by atoms with Crippen LogP contribution < -0.4 is 10.2 Å². The van der Waals surface area contributed by atoms with Gasteiger partial charge in [0.1, 0.15) is 5.69 Å². The lowest BCUT2D eigenvalue weighted by atomic mass is 10.1. The number of rotatable bonds is 5. The van der Waals surface area contributed by atoms with Gasteiger partial charge in [0.15, 0.2) is 0 Å². The minimum absolute atomic E-state index is 0.0338. The number of hydrogen-bond donors (Lipinski definition) is 1. The number of alkyl halides is 3. The van der Waals surface area contributed by atoms with Crippen molar-refractivity contribution in [1.82, 2.24) is 14.8 Å². The summed E-state index contributed by atoms with van der Waals surface area (Å²) >= 11 is 0. The number of nitrogens with zero attached hydrogens (tertiary/aromatic N) is 4. The van der Waals surface area contributed by atoms with Crippen molar-refractivity contribution in [2.45, 2.75) is 19.1 Å². The molecule has 3 aromatic rings. The molecule has 1 atom stereocenters. The summed E-state index contributed by atoms with van der Waals surface area (Å²) in [5.41, 5.74) is 0.747. The molecule has 1 aliphatic rings. The number of halogens is 3. The summed E-state index contributed by atoms with van der Waals surface area (Å²) in [6, 6.07) is 7.16. The van der Waals surface area contributed by atoms with Gasteiger partial charge >= 0.3 is 6.18 Å². The van der Waals surface area contributed by atoms with Gasteiger partial charge in [-0.3, -0.25) is 19.3 Å². The topological polar surface area (TPSA) is 89.3 Å². The molecule has 3 heterocycles. The highest BCUT2D eigenvalue weighted by Gasteiger charge is 2.37. The van der Waals surface area contributed by atoms with E-state index in [4.69, 9.17) is 4.74 Å². The van der Waals surface area contributed by atoms with Crippen molar-refractivity contribution in [2.24, 2.45) is 0 Å². The Hall–Kier alpha value is -3.73. The van der Waals surface area contributed by atoms with Crippen LogP contribution in [0.25, 0.3) is 0 Å². The van der Waals surface area contributed by atoms with Gasteiger partial charge in [-0.25, -0.2) is 0 Å². The van der Waals surface area contributed by atoms with E-state index in [2.05, 4.69) is 15.4 Å². The van der Waals surface area contributed by atoms with Crippen molar-refractivity contribution in [3.63, 3.8) is 0 Å². The van der Waals surface area contributed by atoms with Crippen LogP contribution in [0.15, 0.2) is 48.8 Å². The fourth-order valence-electron chi connectivity index (χ4n) is 3.71. The molecule has 1 aliphatic heterocycles. The standard InChI is InChI=1S/C22H20F3N5O3/c1-13-9-15(7-8-26-13)28-20(31)18-10-27-30-17(12-33-2)11-29(21(32)19(18)30)16-5-3-14(4-6-16)22(23,24)25/h3-10,17H,11-12H2,1-2H3,(H,26,28,31). The van der Waals surface area contributed by atoms with Crippen LogP contribution in [-0.2, 0) is 10.9 Å². The number of nitrogens with one attached hydrogen (secondary N) is 1. The van der Waals surface area contributed by atoms with E-state index in [-0.39, 0.29) is 30.1 Å². The lowest BCUT2D eigenvalue weighted by molar-refractivity contribution is -0.137. The molecule has 4 rings (SSSR count).